The molecule has 11 heteroatoms. The van der Waals surface area contributed by atoms with Crippen LogP contribution in [0.2, 0.25) is 0 Å². The summed E-state index contributed by atoms with van der Waals surface area (Å²) in [6.45, 7) is 1.09. The minimum absolute atomic E-state index is 0.0427. The Morgan fingerprint density at radius 2 is 2.24 bits per heavy atom. The molecule has 1 aliphatic heterocycles. The molecule has 2 rings (SSSR count). The molecule has 1 aliphatic rings. The van der Waals surface area contributed by atoms with E-state index in [0.29, 0.717) is 5.82 Å². The molecule has 0 radical (unpaired) electrons. The number of nitrogens with zero attached hydrogens (tertiary/aromatic N) is 3. The van der Waals surface area contributed by atoms with Crippen molar-refractivity contribution in [1.82, 2.24) is 14.3 Å². The molecule has 1 aromatic rings. The van der Waals surface area contributed by atoms with E-state index in [2.05, 4.69) is 14.7 Å². The van der Waals surface area contributed by atoms with Gasteiger partial charge in [0.1, 0.15) is 12.4 Å². The van der Waals surface area contributed by atoms with Gasteiger partial charge >= 0.3 is 12.0 Å². The number of anilines is 1. The van der Waals surface area contributed by atoms with Crippen LogP contribution in [0.5, 0.6) is 0 Å². The second kappa shape index (κ2) is 5.93. The molecule has 2 amide bonds. The van der Waals surface area contributed by atoms with Gasteiger partial charge in [-0.1, -0.05) is 0 Å². The summed E-state index contributed by atoms with van der Waals surface area (Å²) in [7, 11) is -3.22. The summed E-state index contributed by atoms with van der Waals surface area (Å²) in [5, 5.41) is 11.6. The predicted molar refractivity (Wildman–Crippen MR) is 75.1 cm³/mol. The van der Waals surface area contributed by atoms with Crippen LogP contribution in [0.4, 0.5) is 9.93 Å². The molecule has 2 heterocycles. The number of urea groups is 1. The lowest BCUT2D eigenvalue weighted by Gasteiger charge is -2.26. The highest BCUT2D eigenvalue weighted by atomic mass is 32.2. The van der Waals surface area contributed by atoms with Gasteiger partial charge in [-0.15, -0.1) is 0 Å². The minimum Gasteiger partial charge on any atom is -0.480 e. The Morgan fingerprint density at radius 3 is 2.71 bits per heavy atom. The van der Waals surface area contributed by atoms with Gasteiger partial charge in [0.2, 0.25) is 5.13 Å². The zero-order valence-electron chi connectivity index (χ0n) is 11.1. The van der Waals surface area contributed by atoms with Crippen molar-refractivity contribution < 1.29 is 23.1 Å². The second-order valence-electron chi connectivity index (χ2n) is 4.66. The van der Waals surface area contributed by atoms with E-state index >= 15 is 0 Å². The number of rotatable bonds is 4. The molecule has 0 bridgehead atoms. The Kier molecular flexibility index (Phi) is 4.42. The molecule has 116 valence electrons. The van der Waals surface area contributed by atoms with E-state index in [1.165, 1.54) is 0 Å². The number of carbonyl (C=O) groups excluding carboxylic acids is 1. The number of aromatic nitrogens is 2. The Balaban J connectivity index is 2.12. The first-order valence-electron chi connectivity index (χ1n) is 6.07. The Labute approximate surface area is 125 Å². The van der Waals surface area contributed by atoms with E-state index < -0.39 is 34.4 Å². The number of nitrogens with one attached hydrogen (secondary N) is 1. The molecule has 2 N–H and O–H groups in total. The number of aryl methyl sites for hydroxylation is 1. The standard InChI is InChI=1S/C10H14N4O5S2/c1-6-11-9(20-13-6)12-10(17)14(4-8(15)16)7-2-3-21(18,19)5-7/h7H,2-5H2,1H3,(H,15,16)(H,11,12,13,17). The lowest BCUT2D eigenvalue weighted by Crippen LogP contribution is -2.46. The predicted octanol–water partition coefficient (Wildman–Crippen LogP) is -0.0479. The zero-order valence-corrected chi connectivity index (χ0v) is 12.8. The summed E-state index contributed by atoms with van der Waals surface area (Å²) in [5.74, 6) is -0.978. The molecule has 1 saturated heterocycles. The van der Waals surface area contributed by atoms with Crippen molar-refractivity contribution >= 4 is 38.5 Å². The van der Waals surface area contributed by atoms with E-state index in [1.807, 2.05) is 0 Å². The Bertz CT molecular complexity index is 656. The molecule has 1 fully saturated rings. The highest BCUT2D eigenvalue weighted by Gasteiger charge is 2.35. The maximum absolute atomic E-state index is 12.2. The van der Waals surface area contributed by atoms with Crippen molar-refractivity contribution in [3.8, 4) is 0 Å². The molecular weight excluding hydrogens is 320 g/mol. The average Bonchev–Trinajstić information content (AvgIpc) is 2.92. The van der Waals surface area contributed by atoms with Gasteiger partial charge in [0.15, 0.2) is 9.84 Å². The van der Waals surface area contributed by atoms with Crippen molar-refractivity contribution in [2.75, 3.05) is 23.4 Å². The summed E-state index contributed by atoms with van der Waals surface area (Å²) in [6, 6.07) is -1.32. The topological polar surface area (TPSA) is 130 Å². The van der Waals surface area contributed by atoms with Gasteiger partial charge in [0.25, 0.3) is 0 Å². The number of hydrogen-bond acceptors (Lipinski definition) is 7. The first-order valence-corrected chi connectivity index (χ1v) is 8.66. The number of carbonyl (C=O) groups is 2. The molecule has 0 spiro atoms. The number of amides is 2. The normalized spacial score (nSPS) is 20.1. The summed E-state index contributed by atoms with van der Waals surface area (Å²) in [6.07, 6.45) is 0.234. The number of aliphatic carboxylic acids is 1. The van der Waals surface area contributed by atoms with Crippen LogP contribution >= 0.6 is 11.5 Å². The summed E-state index contributed by atoms with van der Waals surface area (Å²) in [4.78, 5) is 28.0. The van der Waals surface area contributed by atoms with Crippen molar-refractivity contribution in [3.05, 3.63) is 5.82 Å². The van der Waals surface area contributed by atoms with Crippen molar-refractivity contribution in [2.24, 2.45) is 0 Å². The van der Waals surface area contributed by atoms with Crippen LogP contribution in [0, 0.1) is 6.92 Å². The summed E-state index contributed by atoms with van der Waals surface area (Å²) in [5.41, 5.74) is 0. The monoisotopic (exact) mass is 334 g/mol. The maximum atomic E-state index is 12.2. The van der Waals surface area contributed by atoms with E-state index in [-0.39, 0.29) is 23.1 Å². The third-order valence-electron chi connectivity index (χ3n) is 2.96. The van der Waals surface area contributed by atoms with Crippen LogP contribution in [0.15, 0.2) is 0 Å². The van der Waals surface area contributed by atoms with Gasteiger partial charge in [-0.3, -0.25) is 10.1 Å². The molecule has 0 aromatic carbocycles. The first kappa shape index (κ1) is 15.6. The van der Waals surface area contributed by atoms with Crippen LogP contribution in [-0.2, 0) is 14.6 Å². The highest BCUT2D eigenvalue weighted by molar-refractivity contribution is 7.91. The third kappa shape index (κ3) is 4.11. The third-order valence-corrected chi connectivity index (χ3v) is 5.43. The fourth-order valence-electron chi connectivity index (χ4n) is 2.04. The fourth-order valence-corrected chi connectivity index (χ4v) is 4.34. The molecule has 9 nitrogen and oxygen atoms in total. The molecule has 1 atom stereocenters. The number of sulfone groups is 1. The first-order chi connectivity index (χ1) is 9.77. The van der Waals surface area contributed by atoms with Gasteiger partial charge in [-0.2, -0.15) is 4.37 Å². The lowest BCUT2D eigenvalue weighted by molar-refractivity contribution is -0.138. The van der Waals surface area contributed by atoms with Crippen LogP contribution in [0.25, 0.3) is 0 Å². The smallest absolute Gasteiger partial charge is 0.324 e. The van der Waals surface area contributed by atoms with Gasteiger partial charge in [0, 0.05) is 17.6 Å². The maximum Gasteiger partial charge on any atom is 0.324 e. The Hall–Kier alpha value is -1.75. The largest absolute Gasteiger partial charge is 0.480 e. The van der Waals surface area contributed by atoms with Crippen LogP contribution in [0.3, 0.4) is 0 Å². The fraction of sp³-hybridized carbons (Fsp3) is 0.600. The molecule has 21 heavy (non-hydrogen) atoms. The molecular formula is C10H14N4O5S2. The molecule has 1 aromatic heterocycles. The van der Waals surface area contributed by atoms with Gasteiger partial charge in [0.05, 0.1) is 11.5 Å². The molecule has 1 unspecified atom stereocenters. The Morgan fingerprint density at radius 1 is 1.52 bits per heavy atom. The number of carboxylic acid groups (broad SMARTS) is 1. The van der Waals surface area contributed by atoms with Gasteiger partial charge in [-0.25, -0.2) is 18.2 Å². The van der Waals surface area contributed by atoms with Crippen molar-refractivity contribution in [1.29, 1.82) is 0 Å². The zero-order chi connectivity index (χ0) is 15.6. The average molecular weight is 334 g/mol. The number of carboxylic acids is 1. The van der Waals surface area contributed by atoms with Gasteiger partial charge < -0.3 is 10.0 Å². The van der Waals surface area contributed by atoms with Gasteiger partial charge in [-0.05, 0) is 13.3 Å². The second-order valence-corrected chi connectivity index (χ2v) is 7.64. The summed E-state index contributed by atoms with van der Waals surface area (Å²) < 4.78 is 26.9. The van der Waals surface area contributed by atoms with E-state index in [1.54, 1.807) is 6.92 Å². The van der Waals surface area contributed by atoms with Crippen molar-refractivity contribution in [2.45, 2.75) is 19.4 Å². The van der Waals surface area contributed by atoms with Crippen molar-refractivity contribution in [3.63, 3.8) is 0 Å². The van der Waals surface area contributed by atoms with E-state index in [9.17, 15) is 18.0 Å². The lowest BCUT2D eigenvalue weighted by atomic mass is 10.2. The van der Waals surface area contributed by atoms with E-state index in [0.717, 1.165) is 16.4 Å². The van der Waals surface area contributed by atoms with Crippen LogP contribution < -0.4 is 5.32 Å². The minimum atomic E-state index is -3.22. The SMILES string of the molecule is Cc1nsc(NC(=O)N(CC(=O)O)C2CCS(=O)(=O)C2)n1. The molecule has 0 aliphatic carbocycles. The summed E-state index contributed by atoms with van der Waals surface area (Å²) >= 11 is 0.971. The quantitative estimate of drug-likeness (QED) is 0.789. The van der Waals surface area contributed by atoms with Crippen LogP contribution in [-0.4, -0.2) is 63.9 Å². The number of hydrogen-bond donors (Lipinski definition) is 2. The van der Waals surface area contributed by atoms with E-state index in [4.69, 9.17) is 5.11 Å². The molecule has 0 saturated carbocycles. The highest BCUT2D eigenvalue weighted by Crippen LogP contribution is 2.19. The van der Waals surface area contributed by atoms with Crippen LogP contribution in [0.1, 0.15) is 12.2 Å².